The second-order valence-electron chi connectivity index (χ2n) is 12.1. The number of benzene rings is 2. The summed E-state index contributed by atoms with van der Waals surface area (Å²) < 4.78 is 7.33. The van der Waals surface area contributed by atoms with E-state index in [1.165, 1.54) is 17.4 Å². The van der Waals surface area contributed by atoms with Crippen molar-refractivity contribution in [2.45, 2.75) is 52.1 Å². The number of Topliss-reactive ketones (excluding diaryl/α,β-unsaturated/α-hetero) is 2. The molecule has 0 saturated carbocycles. The molecule has 3 heterocycles. The summed E-state index contributed by atoms with van der Waals surface area (Å²) in [4.78, 5) is 77.2. The van der Waals surface area contributed by atoms with Crippen LogP contribution in [0.4, 0.5) is 0 Å². The third-order valence-electron chi connectivity index (χ3n) is 8.68. The Labute approximate surface area is 288 Å². The molecule has 1 aliphatic rings. The predicted octanol–water partition coefficient (Wildman–Crippen LogP) is 6.15. The van der Waals surface area contributed by atoms with Gasteiger partial charge in [0, 0.05) is 53.5 Å². The quantitative estimate of drug-likeness (QED) is 0.0364. The number of carbonyl (C=O) groups is 4. The summed E-state index contributed by atoms with van der Waals surface area (Å²) in [6, 6.07) is 15.4. The van der Waals surface area contributed by atoms with Crippen molar-refractivity contribution < 1.29 is 33.5 Å². The number of fused-ring (bicyclic) bond motifs is 1. The molecule has 0 N–H and O–H groups in total. The van der Waals surface area contributed by atoms with Gasteiger partial charge in [0.25, 0.3) is 0 Å². The fourth-order valence-corrected chi connectivity index (χ4v) is 6.55. The maximum absolute atomic E-state index is 14.4. The second kappa shape index (κ2) is 16.0. The number of ether oxygens (including phenoxy) is 1. The minimum Gasteiger partial charge on any atom is -0.379 e. The van der Waals surface area contributed by atoms with Gasteiger partial charge >= 0.3 is 5.97 Å². The molecule has 1 fully saturated rings. The van der Waals surface area contributed by atoms with Crippen LogP contribution in [0.15, 0.2) is 76.3 Å². The molecule has 0 spiro atoms. The Morgan fingerprint density at radius 2 is 1.73 bits per heavy atom. The maximum Gasteiger partial charge on any atom is 0.375 e. The van der Waals surface area contributed by atoms with Gasteiger partial charge < -0.3 is 14.1 Å². The summed E-state index contributed by atoms with van der Waals surface area (Å²) in [5.41, 5.74) is 0.815. The molecular weight excluding hydrogens is 644 g/mol. The summed E-state index contributed by atoms with van der Waals surface area (Å²) >= 11 is 1.19. The molecular formula is C37H38N4O7S. The molecule has 0 radical (unpaired) electrons. The molecule has 2 aromatic heterocycles. The van der Waals surface area contributed by atoms with Crippen molar-refractivity contribution in [3.63, 3.8) is 0 Å². The van der Waals surface area contributed by atoms with Crippen LogP contribution in [0.2, 0.25) is 0 Å². The normalized spacial score (nSPS) is 14.0. The average molecular weight is 683 g/mol. The zero-order chi connectivity index (χ0) is 35.0. The van der Waals surface area contributed by atoms with E-state index in [1.54, 1.807) is 60.1 Å². The number of hydrogen-bond acceptors (Lipinski definition) is 11. The standard InChI is InChI=1S/C37H38N4O7S/c1-4-40-23-29(34(44)30(13-8-9-15-38-24-42)39-48-36(46)31-14-10-20-49-31)27-21-26(35(45)37(2,3)41-16-18-47-19-17-41)22-28(32(27)40)33(43)25-11-6-5-7-12-25/h5-7,10-12,14,20-23H,4,8-9,13,15-19H2,1-3H3/b39-30+. The summed E-state index contributed by atoms with van der Waals surface area (Å²) in [7, 11) is 0. The minimum absolute atomic E-state index is 0.0172. The van der Waals surface area contributed by atoms with E-state index in [-0.39, 0.29) is 35.8 Å². The number of morpholine rings is 1. The number of unbranched alkanes of at least 4 members (excludes halogenated alkanes) is 1. The highest BCUT2D eigenvalue weighted by molar-refractivity contribution is 7.11. The van der Waals surface area contributed by atoms with Gasteiger partial charge in [0.15, 0.2) is 11.6 Å². The van der Waals surface area contributed by atoms with Crippen LogP contribution in [-0.4, -0.2) is 83.0 Å². The van der Waals surface area contributed by atoms with Gasteiger partial charge in [-0.2, -0.15) is 0 Å². The molecule has 49 heavy (non-hydrogen) atoms. The number of nitrogens with zero attached hydrogens (tertiary/aromatic N) is 4. The first kappa shape index (κ1) is 35.4. The highest BCUT2D eigenvalue weighted by Gasteiger charge is 2.37. The van der Waals surface area contributed by atoms with Crippen molar-refractivity contribution >= 4 is 57.4 Å². The molecule has 12 heteroatoms. The summed E-state index contributed by atoms with van der Waals surface area (Å²) in [5.74, 6) is -1.69. The lowest BCUT2D eigenvalue weighted by Crippen LogP contribution is -2.54. The highest BCUT2D eigenvalue weighted by atomic mass is 32.1. The van der Waals surface area contributed by atoms with Gasteiger partial charge in [-0.1, -0.05) is 41.6 Å². The van der Waals surface area contributed by atoms with Crippen molar-refractivity contribution in [2.24, 2.45) is 10.1 Å². The van der Waals surface area contributed by atoms with Crippen molar-refractivity contribution in [1.29, 1.82) is 0 Å². The monoisotopic (exact) mass is 682 g/mol. The van der Waals surface area contributed by atoms with E-state index in [0.717, 1.165) is 0 Å². The number of isocyanates is 1. The molecule has 11 nitrogen and oxygen atoms in total. The number of rotatable bonds is 15. The predicted molar refractivity (Wildman–Crippen MR) is 187 cm³/mol. The number of thiophene rings is 1. The zero-order valence-electron chi connectivity index (χ0n) is 27.8. The van der Waals surface area contributed by atoms with Gasteiger partial charge in [0.1, 0.15) is 10.6 Å². The van der Waals surface area contributed by atoms with E-state index in [1.807, 2.05) is 31.4 Å². The van der Waals surface area contributed by atoms with Crippen LogP contribution in [0.25, 0.3) is 10.9 Å². The van der Waals surface area contributed by atoms with Gasteiger partial charge in [-0.05, 0) is 63.6 Å². The third-order valence-corrected chi connectivity index (χ3v) is 9.53. The molecule has 1 aliphatic heterocycles. The van der Waals surface area contributed by atoms with Gasteiger partial charge in [-0.15, -0.1) is 11.3 Å². The highest BCUT2D eigenvalue weighted by Crippen LogP contribution is 2.32. The van der Waals surface area contributed by atoms with Gasteiger partial charge in [-0.25, -0.2) is 14.6 Å². The Balaban J connectivity index is 1.64. The maximum atomic E-state index is 14.4. The van der Waals surface area contributed by atoms with E-state index in [9.17, 15) is 24.0 Å². The van der Waals surface area contributed by atoms with Crippen LogP contribution in [0.3, 0.4) is 0 Å². The lowest BCUT2D eigenvalue weighted by Gasteiger charge is -2.39. The van der Waals surface area contributed by atoms with Crippen LogP contribution < -0.4 is 0 Å². The summed E-state index contributed by atoms with van der Waals surface area (Å²) in [6.07, 6.45) is 4.19. The van der Waals surface area contributed by atoms with Crippen LogP contribution in [0.5, 0.6) is 0 Å². The molecule has 1 saturated heterocycles. The van der Waals surface area contributed by atoms with Gasteiger partial charge in [0.2, 0.25) is 11.9 Å². The summed E-state index contributed by atoms with van der Waals surface area (Å²) in [6.45, 7) is 8.43. The molecule has 0 aliphatic carbocycles. The van der Waals surface area contributed by atoms with E-state index < -0.39 is 17.3 Å². The molecule has 0 amide bonds. The van der Waals surface area contributed by atoms with Gasteiger partial charge in [0.05, 0.1) is 30.8 Å². The number of oxime groups is 1. The molecule has 254 valence electrons. The fourth-order valence-electron chi connectivity index (χ4n) is 5.96. The number of hydrogen-bond donors (Lipinski definition) is 0. The van der Waals surface area contributed by atoms with Crippen molar-refractivity contribution in [3.05, 3.63) is 93.3 Å². The topological polar surface area (TPSA) is 137 Å². The Kier molecular flexibility index (Phi) is 11.6. The average Bonchev–Trinajstić information content (AvgIpc) is 3.81. The van der Waals surface area contributed by atoms with E-state index in [4.69, 9.17) is 9.57 Å². The van der Waals surface area contributed by atoms with Crippen molar-refractivity contribution in [3.8, 4) is 0 Å². The molecule has 2 aromatic carbocycles. The smallest absolute Gasteiger partial charge is 0.375 e. The minimum atomic E-state index is -0.922. The van der Waals surface area contributed by atoms with E-state index in [0.29, 0.717) is 78.2 Å². The Morgan fingerprint density at radius 3 is 2.41 bits per heavy atom. The van der Waals surface area contributed by atoms with E-state index >= 15 is 0 Å². The van der Waals surface area contributed by atoms with Crippen molar-refractivity contribution in [1.82, 2.24) is 9.47 Å². The molecule has 0 bridgehead atoms. The van der Waals surface area contributed by atoms with Gasteiger partial charge in [-0.3, -0.25) is 19.3 Å². The van der Waals surface area contributed by atoms with Crippen molar-refractivity contribution in [2.75, 3.05) is 32.8 Å². The number of aryl methyl sites for hydroxylation is 1. The molecule has 5 rings (SSSR count). The van der Waals surface area contributed by atoms with Crippen LogP contribution in [-0.2, 0) is 20.9 Å². The number of aromatic nitrogens is 1. The summed E-state index contributed by atoms with van der Waals surface area (Å²) in [5, 5.41) is 6.18. The molecule has 0 unspecified atom stereocenters. The zero-order valence-corrected chi connectivity index (χ0v) is 28.6. The number of ketones is 3. The number of aliphatic imine (C=N–C) groups is 1. The molecule has 0 atom stereocenters. The number of carbonyl (C=O) groups excluding carboxylic acids is 5. The lowest BCUT2D eigenvalue weighted by molar-refractivity contribution is -0.00429. The lowest BCUT2D eigenvalue weighted by atomic mass is 9.87. The Bertz CT molecular complexity index is 1920. The third kappa shape index (κ3) is 7.90. The van der Waals surface area contributed by atoms with E-state index in [2.05, 4.69) is 15.0 Å². The first-order valence-corrected chi connectivity index (χ1v) is 17.1. The first-order valence-electron chi connectivity index (χ1n) is 16.2. The van der Waals surface area contributed by atoms with Crippen LogP contribution in [0, 0.1) is 0 Å². The van der Waals surface area contributed by atoms with Crippen LogP contribution >= 0.6 is 11.3 Å². The van der Waals surface area contributed by atoms with Crippen LogP contribution in [0.1, 0.15) is 86.3 Å². The SMILES string of the molecule is CCn1cc(C(=O)/C(CCCCN=C=O)=N/OC(=O)c2cccs2)c2cc(C(=O)C(C)(C)N3CCOCC3)cc(C(=O)c3ccccc3)c21. The first-order chi connectivity index (χ1) is 23.7. The Hall–Kier alpha value is -4.87. The Morgan fingerprint density at radius 1 is 0.980 bits per heavy atom. The fraction of sp³-hybridized carbons (Fsp3) is 0.351. The largest absolute Gasteiger partial charge is 0.379 e. The second-order valence-corrected chi connectivity index (χ2v) is 13.0. The molecule has 4 aromatic rings.